The van der Waals surface area contributed by atoms with Crippen LogP contribution in [0.25, 0.3) is 11.0 Å². The lowest BCUT2D eigenvalue weighted by molar-refractivity contribution is 0.487. The van der Waals surface area contributed by atoms with Gasteiger partial charge in [0.05, 0.1) is 17.4 Å². The minimum absolute atomic E-state index is 0.234. The van der Waals surface area contributed by atoms with E-state index in [0.717, 1.165) is 18.5 Å². The first-order valence-corrected chi connectivity index (χ1v) is 8.46. The monoisotopic (exact) mass is 287 g/mol. The molecular weight excluding hydrogens is 258 g/mol. The van der Waals surface area contributed by atoms with Crippen molar-refractivity contribution in [1.29, 1.82) is 0 Å². The standard InChI is InChI=1S/C18H29N3/c1-2-3-4-5-6-7-8-11-16(19)14-21-15-20-17-12-9-10-13-18(17)21/h9-10,12-13,15-16H,2-8,11,14,19H2,1H3. The molecule has 1 heterocycles. The predicted molar refractivity (Wildman–Crippen MR) is 90.3 cm³/mol. The molecule has 3 nitrogen and oxygen atoms in total. The number of hydrogen-bond acceptors (Lipinski definition) is 2. The average Bonchev–Trinajstić information content (AvgIpc) is 2.90. The second kappa shape index (κ2) is 8.83. The van der Waals surface area contributed by atoms with Gasteiger partial charge in [-0.3, -0.25) is 0 Å². The summed E-state index contributed by atoms with van der Waals surface area (Å²) in [5, 5.41) is 0. The number of aromatic nitrogens is 2. The molecule has 0 radical (unpaired) electrons. The molecule has 0 aliphatic carbocycles. The van der Waals surface area contributed by atoms with Crippen molar-refractivity contribution in [3.8, 4) is 0 Å². The predicted octanol–water partition coefficient (Wildman–Crippen LogP) is 4.50. The molecule has 1 unspecified atom stereocenters. The summed E-state index contributed by atoms with van der Waals surface area (Å²) in [7, 11) is 0. The van der Waals surface area contributed by atoms with E-state index in [1.165, 1.54) is 50.5 Å². The molecule has 2 N–H and O–H groups in total. The molecule has 0 aliphatic rings. The van der Waals surface area contributed by atoms with Crippen LogP contribution in [-0.2, 0) is 6.54 Å². The van der Waals surface area contributed by atoms with E-state index >= 15 is 0 Å². The van der Waals surface area contributed by atoms with E-state index in [0.29, 0.717) is 0 Å². The summed E-state index contributed by atoms with van der Waals surface area (Å²) in [5.74, 6) is 0. The third-order valence-electron chi connectivity index (χ3n) is 4.14. The van der Waals surface area contributed by atoms with Gasteiger partial charge in [0.25, 0.3) is 0 Å². The van der Waals surface area contributed by atoms with Crippen molar-refractivity contribution in [3.63, 3.8) is 0 Å². The van der Waals surface area contributed by atoms with E-state index in [9.17, 15) is 0 Å². The summed E-state index contributed by atoms with van der Waals surface area (Å²) < 4.78 is 2.18. The maximum Gasteiger partial charge on any atom is 0.0958 e. The summed E-state index contributed by atoms with van der Waals surface area (Å²) in [6, 6.07) is 8.48. The fraction of sp³-hybridized carbons (Fsp3) is 0.611. The summed E-state index contributed by atoms with van der Waals surface area (Å²) >= 11 is 0. The summed E-state index contributed by atoms with van der Waals surface area (Å²) in [5.41, 5.74) is 8.51. The second-order valence-corrected chi connectivity index (χ2v) is 6.06. The fourth-order valence-corrected chi connectivity index (χ4v) is 2.86. The summed E-state index contributed by atoms with van der Waals surface area (Å²) in [4.78, 5) is 4.42. The molecule has 1 aromatic heterocycles. The van der Waals surface area contributed by atoms with Crippen LogP contribution in [0.15, 0.2) is 30.6 Å². The highest BCUT2D eigenvalue weighted by Gasteiger charge is 2.07. The Morgan fingerprint density at radius 3 is 2.57 bits per heavy atom. The summed E-state index contributed by atoms with van der Waals surface area (Å²) in [6.07, 6.45) is 12.4. The van der Waals surface area contributed by atoms with Crippen LogP contribution in [0.1, 0.15) is 58.3 Å². The molecule has 116 valence electrons. The van der Waals surface area contributed by atoms with Crippen LogP contribution in [-0.4, -0.2) is 15.6 Å². The maximum atomic E-state index is 6.27. The normalized spacial score (nSPS) is 12.9. The Morgan fingerprint density at radius 2 is 1.76 bits per heavy atom. The van der Waals surface area contributed by atoms with E-state index in [-0.39, 0.29) is 6.04 Å². The van der Waals surface area contributed by atoms with Gasteiger partial charge in [0.15, 0.2) is 0 Å². The van der Waals surface area contributed by atoms with E-state index in [1.807, 2.05) is 18.5 Å². The second-order valence-electron chi connectivity index (χ2n) is 6.06. The number of nitrogens with two attached hydrogens (primary N) is 1. The molecule has 3 heteroatoms. The van der Waals surface area contributed by atoms with Crippen molar-refractivity contribution in [2.45, 2.75) is 70.9 Å². The Balaban J connectivity index is 1.66. The van der Waals surface area contributed by atoms with Gasteiger partial charge in [-0.25, -0.2) is 4.98 Å². The lowest BCUT2D eigenvalue weighted by Gasteiger charge is -2.13. The van der Waals surface area contributed by atoms with Gasteiger partial charge in [0.2, 0.25) is 0 Å². The Bertz CT molecular complexity index is 518. The molecule has 2 aromatic rings. The first-order valence-electron chi connectivity index (χ1n) is 8.46. The Kier molecular flexibility index (Phi) is 6.74. The highest BCUT2D eigenvalue weighted by atomic mass is 15.1. The highest BCUT2D eigenvalue weighted by molar-refractivity contribution is 5.74. The van der Waals surface area contributed by atoms with Crippen molar-refractivity contribution in [3.05, 3.63) is 30.6 Å². The lowest BCUT2D eigenvalue weighted by atomic mass is 10.1. The van der Waals surface area contributed by atoms with Crippen LogP contribution >= 0.6 is 0 Å². The molecule has 0 aliphatic heterocycles. The van der Waals surface area contributed by atoms with Crippen LogP contribution in [0, 0.1) is 0 Å². The number of imidazole rings is 1. The smallest absolute Gasteiger partial charge is 0.0958 e. The SMILES string of the molecule is CCCCCCCCCC(N)Cn1cnc2ccccc21. The molecule has 0 spiro atoms. The number of unbranched alkanes of at least 4 members (excludes halogenated alkanes) is 6. The first-order chi connectivity index (χ1) is 10.3. The largest absolute Gasteiger partial charge is 0.329 e. The number of para-hydroxylation sites is 2. The van der Waals surface area contributed by atoms with Crippen molar-refractivity contribution < 1.29 is 0 Å². The van der Waals surface area contributed by atoms with Gasteiger partial charge in [-0.05, 0) is 18.6 Å². The molecule has 0 saturated heterocycles. The van der Waals surface area contributed by atoms with E-state index in [2.05, 4.69) is 28.6 Å². The van der Waals surface area contributed by atoms with Gasteiger partial charge in [-0.2, -0.15) is 0 Å². The van der Waals surface area contributed by atoms with Crippen molar-refractivity contribution >= 4 is 11.0 Å². The van der Waals surface area contributed by atoms with Gasteiger partial charge in [0.1, 0.15) is 0 Å². The molecule has 21 heavy (non-hydrogen) atoms. The molecule has 2 rings (SSSR count). The fourth-order valence-electron chi connectivity index (χ4n) is 2.86. The zero-order chi connectivity index (χ0) is 14.9. The van der Waals surface area contributed by atoms with Crippen molar-refractivity contribution in [1.82, 2.24) is 9.55 Å². The van der Waals surface area contributed by atoms with Crippen LogP contribution in [0.5, 0.6) is 0 Å². The number of hydrogen-bond donors (Lipinski definition) is 1. The zero-order valence-electron chi connectivity index (χ0n) is 13.3. The average molecular weight is 287 g/mol. The van der Waals surface area contributed by atoms with Crippen LogP contribution in [0.4, 0.5) is 0 Å². The highest BCUT2D eigenvalue weighted by Crippen LogP contribution is 2.14. The Hall–Kier alpha value is -1.35. The van der Waals surface area contributed by atoms with E-state index in [4.69, 9.17) is 5.73 Å². The quantitative estimate of drug-likeness (QED) is 0.654. The van der Waals surface area contributed by atoms with Crippen LogP contribution in [0.2, 0.25) is 0 Å². The molecule has 1 aromatic carbocycles. The topological polar surface area (TPSA) is 43.8 Å². The molecule has 0 fully saturated rings. The number of fused-ring (bicyclic) bond motifs is 1. The van der Waals surface area contributed by atoms with Gasteiger partial charge in [-0.15, -0.1) is 0 Å². The molecule has 0 saturated carbocycles. The first kappa shape index (κ1) is 16.0. The van der Waals surface area contributed by atoms with Gasteiger partial charge in [0, 0.05) is 12.6 Å². The molecule has 0 bridgehead atoms. The van der Waals surface area contributed by atoms with Crippen LogP contribution < -0.4 is 5.73 Å². The van der Waals surface area contributed by atoms with Gasteiger partial charge in [-0.1, -0.05) is 64.0 Å². The molecule has 1 atom stereocenters. The number of benzene rings is 1. The minimum Gasteiger partial charge on any atom is -0.329 e. The van der Waals surface area contributed by atoms with Crippen LogP contribution in [0.3, 0.4) is 0 Å². The van der Waals surface area contributed by atoms with Gasteiger partial charge < -0.3 is 10.3 Å². The third kappa shape index (κ3) is 5.16. The lowest BCUT2D eigenvalue weighted by Crippen LogP contribution is -2.25. The zero-order valence-corrected chi connectivity index (χ0v) is 13.3. The maximum absolute atomic E-state index is 6.27. The van der Waals surface area contributed by atoms with Gasteiger partial charge >= 0.3 is 0 Å². The van der Waals surface area contributed by atoms with E-state index in [1.54, 1.807) is 0 Å². The molecule has 0 amide bonds. The van der Waals surface area contributed by atoms with Crippen molar-refractivity contribution in [2.75, 3.05) is 0 Å². The minimum atomic E-state index is 0.234. The number of rotatable bonds is 10. The Morgan fingerprint density at radius 1 is 1.05 bits per heavy atom. The molecular formula is C18H29N3. The summed E-state index contributed by atoms with van der Waals surface area (Å²) in [6.45, 7) is 3.13. The van der Waals surface area contributed by atoms with Crippen molar-refractivity contribution in [2.24, 2.45) is 5.73 Å². The number of nitrogens with zero attached hydrogens (tertiary/aromatic N) is 2. The van der Waals surface area contributed by atoms with E-state index < -0.39 is 0 Å². The Labute approximate surface area is 128 Å². The third-order valence-corrected chi connectivity index (χ3v) is 4.14.